The van der Waals surface area contributed by atoms with Crippen LogP contribution in [0.2, 0.25) is 5.02 Å². The Balaban J connectivity index is 1.38. The van der Waals surface area contributed by atoms with E-state index in [9.17, 15) is 9.59 Å². The molecule has 0 atom stereocenters. The van der Waals surface area contributed by atoms with Gasteiger partial charge in [-0.15, -0.1) is 10.2 Å². The number of imide groups is 1. The summed E-state index contributed by atoms with van der Waals surface area (Å²) in [6, 6.07) is 14.5. The van der Waals surface area contributed by atoms with E-state index in [1.165, 1.54) is 4.90 Å². The number of rotatable bonds is 7. The van der Waals surface area contributed by atoms with Gasteiger partial charge in [-0.05, 0) is 49.7 Å². The molecule has 8 heteroatoms. The van der Waals surface area contributed by atoms with Gasteiger partial charge >= 0.3 is 0 Å². The van der Waals surface area contributed by atoms with Gasteiger partial charge in [0.25, 0.3) is 11.8 Å². The number of halogens is 1. The van der Waals surface area contributed by atoms with Crippen molar-refractivity contribution in [1.82, 2.24) is 19.7 Å². The highest BCUT2D eigenvalue weighted by molar-refractivity contribution is 7.99. The van der Waals surface area contributed by atoms with Gasteiger partial charge < -0.3 is 4.57 Å². The third-order valence-corrected chi connectivity index (χ3v) is 6.08. The molecule has 0 spiro atoms. The van der Waals surface area contributed by atoms with Gasteiger partial charge in [0.15, 0.2) is 11.0 Å². The average Bonchev–Trinajstić information content (AvgIpc) is 3.26. The minimum atomic E-state index is -0.211. The van der Waals surface area contributed by atoms with Gasteiger partial charge in [0.1, 0.15) is 0 Å². The van der Waals surface area contributed by atoms with Gasteiger partial charge in [-0.3, -0.25) is 14.5 Å². The molecule has 0 N–H and O–H groups in total. The second-order valence-corrected chi connectivity index (χ2v) is 8.07. The number of nitrogens with zero attached hydrogens (tertiary/aromatic N) is 4. The molecule has 2 aromatic carbocycles. The standard InChI is InChI=1S/C21H19ClN4O2S/c1-2-25-18(14-8-10-15(22)11-9-14)23-24-21(25)29-13-5-12-26-19(27)16-6-3-4-7-17(16)20(26)28/h3-4,6-11H,2,5,12-13H2,1H3. The summed E-state index contributed by atoms with van der Waals surface area (Å²) < 4.78 is 2.05. The quantitative estimate of drug-likeness (QED) is 0.318. The summed E-state index contributed by atoms with van der Waals surface area (Å²) in [5.74, 6) is 1.10. The van der Waals surface area contributed by atoms with Crippen molar-refractivity contribution in [3.8, 4) is 11.4 Å². The molecule has 0 bridgehead atoms. The van der Waals surface area contributed by atoms with E-state index in [0.717, 1.165) is 28.8 Å². The SMILES string of the molecule is CCn1c(SCCCN2C(=O)c3ccccc3C2=O)nnc1-c1ccc(Cl)cc1. The van der Waals surface area contributed by atoms with E-state index in [4.69, 9.17) is 11.6 Å². The molecule has 0 radical (unpaired) electrons. The molecule has 0 unspecified atom stereocenters. The lowest BCUT2D eigenvalue weighted by Gasteiger charge is -2.13. The van der Waals surface area contributed by atoms with E-state index < -0.39 is 0 Å². The number of amides is 2. The Hall–Kier alpha value is -2.64. The van der Waals surface area contributed by atoms with Crippen LogP contribution >= 0.6 is 23.4 Å². The Kier molecular flexibility index (Phi) is 5.69. The summed E-state index contributed by atoms with van der Waals surface area (Å²) >= 11 is 7.54. The van der Waals surface area contributed by atoms with E-state index in [-0.39, 0.29) is 11.8 Å². The highest BCUT2D eigenvalue weighted by Gasteiger charge is 2.34. The minimum absolute atomic E-state index is 0.211. The molecular formula is C21H19ClN4O2S. The zero-order chi connectivity index (χ0) is 20.4. The molecule has 1 aliphatic heterocycles. The zero-order valence-corrected chi connectivity index (χ0v) is 17.4. The van der Waals surface area contributed by atoms with Gasteiger partial charge in [-0.1, -0.05) is 35.5 Å². The van der Waals surface area contributed by atoms with Crippen LogP contribution in [0.4, 0.5) is 0 Å². The minimum Gasteiger partial charge on any atom is -0.302 e. The van der Waals surface area contributed by atoms with Crippen molar-refractivity contribution in [1.29, 1.82) is 0 Å². The monoisotopic (exact) mass is 426 g/mol. The highest BCUT2D eigenvalue weighted by Crippen LogP contribution is 2.26. The molecule has 148 valence electrons. The largest absolute Gasteiger partial charge is 0.302 e. The molecule has 3 aromatic rings. The normalized spacial score (nSPS) is 13.2. The van der Waals surface area contributed by atoms with E-state index in [1.807, 2.05) is 31.2 Å². The van der Waals surface area contributed by atoms with Crippen molar-refractivity contribution in [2.75, 3.05) is 12.3 Å². The summed E-state index contributed by atoms with van der Waals surface area (Å²) in [5.41, 5.74) is 1.94. The van der Waals surface area contributed by atoms with Crippen LogP contribution in [-0.4, -0.2) is 43.8 Å². The molecule has 4 rings (SSSR count). The number of fused-ring (bicyclic) bond motifs is 1. The Morgan fingerprint density at radius 1 is 0.966 bits per heavy atom. The summed E-state index contributed by atoms with van der Waals surface area (Å²) in [4.78, 5) is 26.2. The van der Waals surface area contributed by atoms with Crippen molar-refractivity contribution < 1.29 is 9.59 Å². The first-order valence-corrected chi connectivity index (χ1v) is 10.7. The number of thioether (sulfide) groups is 1. The number of aromatic nitrogens is 3. The highest BCUT2D eigenvalue weighted by atomic mass is 35.5. The summed E-state index contributed by atoms with van der Waals surface area (Å²) in [5, 5.41) is 10.1. The van der Waals surface area contributed by atoms with Gasteiger partial charge in [0, 0.05) is 29.4 Å². The molecule has 2 amide bonds. The fraction of sp³-hybridized carbons (Fsp3) is 0.238. The Morgan fingerprint density at radius 3 is 2.24 bits per heavy atom. The summed E-state index contributed by atoms with van der Waals surface area (Å²) in [6.45, 7) is 3.18. The molecule has 29 heavy (non-hydrogen) atoms. The van der Waals surface area contributed by atoms with Crippen molar-refractivity contribution in [3.63, 3.8) is 0 Å². The first-order chi connectivity index (χ1) is 14.1. The van der Waals surface area contributed by atoms with Crippen LogP contribution in [0.25, 0.3) is 11.4 Å². The number of carbonyl (C=O) groups is 2. The van der Waals surface area contributed by atoms with Crippen molar-refractivity contribution in [2.24, 2.45) is 0 Å². The number of hydrogen-bond donors (Lipinski definition) is 0. The lowest BCUT2D eigenvalue weighted by molar-refractivity contribution is 0.0655. The second-order valence-electron chi connectivity index (χ2n) is 6.57. The van der Waals surface area contributed by atoms with Crippen LogP contribution in [0, 0.1) is 0 Å². The predicted molar refractivity (Wildman–Crippen MR) is 113 cm³/mol. The molecule has 1 aliphatic rings. The number of carbonyl (C=O) groups excluding carboxylic acids is 2. The van der Waals surface area contributed by atoms with Crippen molar-refractivity contribution in [2.45, 2.75) is 25.0 Å². The fourth-order valence-corrected chi connectivity index (χ4v) is 4.37. The van der Waals surface area contributed by atoms with Crippen LogP contribution in [0.1, 0.15) is 34.1 Å². The van der Waals surface area contributed by atoms with Gasteiger partial charge in [0.2, 0.25) is 0 Å². The lowest BCUT2D eigenvalue weighted by atomic mass is 10.1. The maximum atomic E-state index is 12.4. The Bertz CT molecular complexity index is 1030. The fourth-order valence-electron chi connectivity index (χ4n) is 3.32. The van der Waals surface area contributed by atoms with Crippen LogP contribution in [0.15, 0.2) is 53.7 Å². The Labute approximate surface area is 177 Å². The molecule has 2 heterocycles. The van der Waals surface area contributed by atoms with E-state index in [0.29, 0.717) is 29.1 Å². The van der Waals surface area contributed by atoms with Crippen molar-refractivity contribution >= 4 is 35.2 Å². The van der Waals surface area contributed by atoms with Crippen LogP contribution in [-0.2, 0) is 6.54 Å². The van der Waals surface area contributed by atoms with E-state index >= 15 is 0 Å². The van der Waals surface area contributed by atoms with Gasteiger partial charge in [-0.2, -0.15) is 0 Å². The van der Waals surface area contributed by atoms with Crippen molar-refractivity contribution in [3.05, 3.63) is 64.7 Å². The van der Waals surface area contributed by atoms with Crippen LogP contribution < -0.4 is 0 Å². The predicted octanol–water partition coefficient (Wildman–Crippen LogP) is 4.40. The Morgan fingerprint density at radius 2 is 1.62 bits per heavy atom. The maximum absolute atomic E-state index is 12.4. The van der Waals surface area contributed by atoms with Crippen LogP contribution in [0.5, 0.6) is 0 Å². The first kappa shape index (κ1) is 19.7. The zero-order valence-electron chi connectivity index (χ0n) is 15.8. The molecule has 0 fully saturated rings. The second kappa shape index (κ2) is 8.39. The molecule has 6 nitrogen and oxygen atoms in total. The van der Waals surface area contributed by atoms with E-state index in [2.05, 4.69) is 14.8 Å². The average molecular weight is 427 g/mol. The smallest absolute Gasteiger partial charge is 0.261 e. The summed E-state index contributed by atoms with van der Waals surface area (Å²) in [7, 11) is 0. The van der Waals surface area contributed by atoms with Crippen LogP contribution in [0.3, 0.4) is 0 Å². The summed E-state index contributed by atoms with van der Waals surface area (Å²) in [6.07, 6.45) is 0.684. The molecule has 1 aromatic heterocycles. The van der Waals surface area contributed by atoms with E-state index in [1.54, 1.807) is 36.0 Å². The van der Waals surface area contributed by atoms with Gasteiger partial charge in [-0.25, -0.2) is 0 Å². The number of hydrogen-bond acceptors (Lipinski definition) is 5. The molecule has 0 saturated carbocycles. The lowest BCUT2D eigenvalue weighted by Crippen LogP contribution is -2.31. The maximum Gasteiger partial charge on any atom is 0.261 e. The topological polar surface area (TPSA) is 68.1 Å². The molecule has 0 saturated heterocycles. The number of benzene rings is 2. The third kappa shape index (κ3) is 3.80. The van der Waals surface area contributed by atoms with Gasteiger partial charge in [0.05, 0.1) is 11.1 Å². The molecule has 0 aliphatic carbocycles. The first-order valence-electron chi connectivity index (χ1n) is 9.37. The molecular weight excluding hydrogens is 408 g/mol. The third-order valence-electron chi connectivity index (χ3n) is 4.77.